The Bertz CT molecular complexity index is 395. The van der Waals surface area contributed by atoms with Gasteiger partial charge in [0, 0.05) is 31.7 Å². The Labute approximate surface area is 93.5 Å². The maximum absolute atomic E-state index is 13.6. The number of benzene rings is 1. The van der Waals surface area contributed by atoms with E-state index in [1.54, 1.807) is 11.8 Å². The van der Waals surface area contributed by atoms with E-state index in [1.807, 2.05) is 0 Å². The molecule has 1 fully saturated rings. The molecule has 0 amide bonds. The van der Waals surface area contributed by atoms with Crippen LogP contribution in [0.25, 0.3) is 0 Å². The van der Waals surface area contributed by atoms with Crippen LogP contribution in [0, 0.1) is 24.5 Å². The molecule has 16 heavy (non-hydrogen) atoms. The van der Waals surface area contributed by atoms with Gasteiger partial charge < -0.3 is 10.0 Å². The molecule has 1 aliphatic heterocycles. The maximum atomic E-state index is 13.6. The van der Waals surface area contributed by atoms with Gasteiger partial charge in [-0.05, 0) is 25.0 Å². The summed E-state index contributed by atoms with van der Waals surface area (Å²) >= 11 is 0. The van der Waals surface area contributed by atoms with Crippen LogP contribution >= 0.6 is 0 Å². The molecule has 88 valence electrons. The Morgan fingerprint density at radius 3 is 2.75 bits per heavy atom. The van der Waals surface area contributed by atoms with Gasteiger partial charge in [0.25, 0.3) is 0 Å². The van der Waals surface area contributed by atoms with Crippen LogP contribution in [0.4, 0.5) is 14.5 Å². The normalized spacial score (nSPS) is 20.5. The van der Waals surface area contributed by atoms with E-state index in [2.05, 4.69) is 0 Å². The Morgan fingerprint density at radius 1 is 1.38 bits per heavy atom. The van der Waals surface area contributed by atoms with Crippen molar-refractivity contribution in [3.05, 3.63) is 29.3 Å². The second kappa shape index (κ2) is 4.37. The summed E-state index contributed by atoms with van der Waals surface area (Å²) in [5, 5.41) is 9.00. The first-order valence-electron chi connectivity index (χ1n) is 5.43. The van der Waals surface area contributed by atoms with Gasteiger partial charge in [-0.1, -0.05) is 0 Å². The van der Waals surface area contributed by atoms with Crippen LogP contribution in [0.3, 0.4) is 0 Å². The SMILES string of the molecule is Cc1cc(F)c(N2CCC(CO)C2)cc1F. The van der Waals surface area contributed by atoms with Gasteiger partial charge >= 0.3 is 0 Å². The fourth-order valence-electron chi connectivity index (χ4n) is 2.08. The largest absolute Gasteiger partial charge is 0.396 e. The molecule has 1 aliphatic rings. The molecule has 2 nitrogen and oxygen atoms in total. The van der Waals surface area contributed by atoms with Crippen molar-refractivity contribution < 1.29 is 13.9 Å². The molecule has 1 aromatic rings. The lowest BCUT2D eigenvalue weighted by Gasteiger charge is -2.19. The standard InChI is InChI=1S/C12H15F2NO/c1-8-4-11(14)12(5-10(8)13)15-3-2-9(6-15)7-16/h4-5,9,16H,2-3,6-7H2,1H3. The van der Waals surface area contributed by atoms with Crippen LogP contribution in [0.1, 0.15) is 12.0 Å². The molecule has 1 N–H and O–H groups in total. The molecular weight excluding hydrogens is 212 g/mol. The third-order valence-electron chi connectivity index (χ3n) is 3.11. The van der Waals surface area contributed by atoms with Gasteiger partial charge in [-0.15, -0.1) is 0 Å². The van der Waals surface area contributed by atoms with E-state index in [9.17, 15) is 8.78 Å². The highest BCUT2D eigenvalue weighted by Gasteiger charge is 2.24. The lowest BCUT2D eigenvalue weighted by atomic mass is 10.1. The first-order valence-corrected chi connectivity index (χ1v) is 5.43. The summed E-state index contributed by atoms with van der Waals surface area (Å²) in [7, 11) is 0. The summed E-state index contributed by atoms with van der Waals surface area (Å²) in [4.78, 5) is 1.79. The van der Waals surface area contributed by atoms with E-state index in [0.29, 0.717) is 24.3 Å². The van der Waals surface area contributed by atoms with E-state index in [1.165, 1.54) is 12.1 Å². The molecule has 0 spiro atoms. The van der Waals surface area contributed by atoms with Gasteiger partial charge in [0.05, 0.1) is 5.69 Å². The number of aliphatic hydroxyl groups is 1. The molecule has 0 bridgehead atoms. The number of anilines is 1. The molecule has 0 saturated carbocycles. The average Bonchev–Trinajstić information content (AvgIpc) is 2.71. The summed E-state index contributed by atoms with van der Waals surface area (Å²) in [6, 6.07) is 2.46. The highest BCUT2D eigenvalue weighted by atomic mass is 19.1. The Kier molecular flexibility index (Phi) is 3.10. The molecule has 4 heteroatoms. The van der Waals surface area contributed by atoms with Crippen molar-refractivity contribution in [1.29, 1.82) is 0 Å². The molecule has 2 rings (SSSR count). The van der Waals surface area contributed by atoms with E-state index >= 15 is 0 Å². The van der Waals surface area contributed by atoms with Gasteiger partial charge in [0.15, 0.2) is 0 Å². The minimum atomic E-state index is -0.391. The predicted molar refractivity (Wildman–Crippen MR) is 58.5 cm³/mol. The smallest absolute Gasteiger partial charge is 0.146 e. The molecule has 1 aromatic carbocycles. The highest BCUT2D eigenvalue weighted by molar-refractivity contribution is 5.50. The third-order valence-corrected chi connectivity index (χ3v) is 3.11. The third kappa shape index (κ3) is 2.02. The minimum absolute atomic E-state index is 0.104. The number of aliphatic hydroxyl groups excluding tert-OH is 1. The van der Waals surface area contributed by atoms with Crippen LogP contribution in [0.2, 0.25) is 0 Å². The van der Waals surface area contributed by atoms with Crippen LogP contribution in [0.15, 0.2) is 12.1 Å². The summed E-state index contributed by atoms with van der Waals surface area (Å²) in [6.45, 7) is 2.91. The number of aryl methyl sites for hydroxylation is 1. The molecule has 1 atom stereocenters. The van der Waals surface area contributed by atoms with Crippen LogP contribution in [0.5, 0.6) is 0 Å². The molecule has 1 saturated heterocycles. The maximum Gasteiger partial charge on any atom is 0.146 e. The first kappa shape index (κ1) is 11.3. The number of nitrogens with zero attached hydrogens (tertiary/aromatic N) is 1. The highest BCUT2D eigenvalue weighted by Crippen LogP contribution is 2.28. The van der Waals surface area contributed by atoms with Gasteiger partial charge in [-0.3, -0.25) is 0 Å². The zero-order valence-electron chi connectivity index (χ0n) is 9.21. The fourth-order valence-corrected chi connectivity index (χ4v) is 2.08. The molecule has 0 radical (unpaired) electrons. The van der Waals surface area contributed by atoms with Crippen LogP contribution in [-0.4, -0.2) is 24.8 Å². The van der Waals surface area contributed by atoms with E-state index in [0.717, 1.165) is 6.42 Å². The monoisotopic (exact) mass is 227 g/mol. The first-order chi connectivity index (χ1) is 7.61. The summed E-state index contributed by atoms with van der Waals surface area (Å²) in [5.74, 6) is -0.606. The van der Waals surface area contributed by atoms with E-state index < -0.39 is 5.82 Å². The molecular formula is C12H15F2NO. The van der Waals surface area contributed by atoms with Crippen LogP contribution < -0.4 is 4.90 Å². The second-order valence-corrected chi connectivity index (χ2v) is 4.34. The van der Waals surface area contributed by atoms with E-state index in [4.69, 9.17) is 5.11 Å². The molecule has 1 unspecified atom stereocenters. The second-order valence-electron chi connectivity index (χ2n) is 4.34. The molecule has 1 heterocycles. The van der Waals surface area contributed by atoms with Crippen molar-refractivity contribution in [2.24, 2.45) is 5.92 Å². The zero-order valence-corrected chi connectivity index (χ0v) is 9.21. The Hall–Kier alpha value is -1.16. The van der Waals surface area contributed by atoms with Crippen molar-refractivity contribution in [3.8, 4) is 0 Å². The van der Waals surface area contributed by atoms with Gasteiger partial charge in [0.2, 0.25) is 0 Å². The van der Waals surface area contributed by atoms with Gasteiger partial charge in [-0.25, -0.2) is 8.78 Å². The Balaban J connectivity index is 2.24. The number of hydrogen-bond donors (Lipinski definition) is 1. The summed E-state index contributed by atoms with van der Waals surface area (Å²) in [6.07, 6.45) is 0.825. The van der Waals surface area contributed by atoms with Crippen molar-refractivity contribution >= 4 is 5.69 Å². The van der Waals surface area contributed by atoms with Crippen LogP contribution in [-0.2, 0) is 0 Å². The quantitative estimate of drug-likeness (QED) is 0.836. The molecule has 0 aromatic heterocycles. The zero-order chi connectivity index (χ0) is 11.7. The van der Waals surface area contributed by atoms with Gasteiger partial charge in [0.1, 0.15) is 11.6 Å². The molecule has 0 aliphatic carbocycles. The minimum Gasteiger partial charge on any atom is -0.396 e. The Morgan fingerprint density at radius 2 is 2.12 bits per heavy atom. The van der Waals surface area contributed by atoms with Crippen molar-refractivity contribution in [2.75, 3.05) is 24.6 Å². The summed E-state index contributed by atoms with van der Waals surface area (Å²) < 4.78 is 27.0. The summed E-state index contributed by atoms with van der Waals surface area (Å²) in [5.41, 5.74) is 0.623. The number of hydrogen-bond acceptors (Lipinski definition) is 2. The van der Waals surface area contributed by atoms with Crippen molar-refractivity contribution in [2.45, 2.75) is 13.3 Å². The predicted octanol–water partition coefficient (Wildman–Crippen LogP) is 2.09. The lowest BCUT2D eigenvalue weighted by molar-refractivity contribution is 0.238. The van der Waals surface area contributed by atoms with Gasteiger partial charge in [-0.2, -0.15) is 0 Å². The van der Waals surface area contributed by atoms with E-state index in [-0.39, 0.29) is 18.3 Å². The average molecular weight is 227 g/mol. The number of rotatable bonds is 2. The lowest BCUT2D eigenvalue weighted by Crippen LogP contribution is -2.22. The topological polar surface area (TPSA) is 23.5 Å². The van der Waals surface area contributed by atoms with Crippen molar-refractivity contribution in [1.82, 2.24) is 0 Å². The number of halogens is 2. The fraction of sp³-hybridized carbons (Fsp3) is 0.500. The van der Waals surface area contributed by atoms with Crippen molar-refractivity contribution in [3.63, 3.8) is 0 Å².